The van der Waals surface area contributed by atoms with Crippen molar-refractivity contribution in [2.45, 2.75) is 25.7 Å². The maximum atomic E-state index is 13.0. The molecule has 0 saturated carbocycles. The van der Waals surface area contributed by atoms with E-state index in [0.717, 1.165) is 23.3 Å². The molecule has 6 nitrogen and oxygen atoms in total. The van der Waals surface area contributed by atoms with Gasteiger partial charge in [-0.3, -0.25) is 4.79 Å². The van der Waals surface area contributed by atoms with Crippen LogP contribution < -0.4 is 4.74 Å². The molecule has 0 aliphatic heterocycles. The van der Waals surface area contributed by atoms with Crippen LogP contribution in [0.3, 0.4) is 0 Å². The molecule has 1 atom stereocenters. The minimum absolute atomic E-state index is 0.0373. The number of aromatic nitrogens is 2. The molecule has 0 aliphatic rings. The molecular formula is C23H24F3N3O3. The van der Waals surface area contributed by atoms with Crippen molar-refractivity contribution in [3.05, 3.63) is 83.4 Å². The largest absolute Gasteiger partial charge is 0.491 e. The predicted octanol–water partition coefficient (Wildman–Crippen LogP) is 3.83. The Morgan fingerprint density at radius 3 is 2.47 bits per heavy atom. The molecular weight excluding hydrogens is 423 g/mol. The Morgan fingerprint density at radius 1 is 1.19 bits per heavy atom. The maximum absolute atomic E-state index is 13.0. The van der Waals surface area contributed by atoms with E-state index in [2.05, 4.69) is 4.98 Å². The standard InChI is InChI=1S/C23H24F3N3O3/c1-16-5-3-4-6-17(16)11-29(22(31)21-13-28(2)15-27-21)12-19(30)14-32-20-9-7-18(8-10-20)23(24,25)26/h3-10,13,15,19,30H,11-12,14H2,1-2H3. The van der Waals surface area contributed by atoms with E-state index < -0.39 is 17.8 Å². The monoisotopic (exact) mass is 447 g/mol. The molecule has 170 valence electrons. The summed E-state index contributed by atoms with van der Waals surface area (Å²) >= 11 is 0. The Hall–Kier alpha value is -3.33. The average molecular weight is 447 g/mol. The number of alkyl halides is 3. The van der Waals surface area contributed by atoms with Crippen molar-refractivity contribution in [2.24, 2.45) is 7.05 Å². The number of benzene rings is 2. The fraction of sp³-hybridized carbons (Fsp3) is 0.304. The first-order valence-corrected chi connectivity index (χ1v) is 9.93. The molecule has 2 aromatic carbocycles. The third kappa shape index (κ3) is 6.10. The van der Waals surface area contributed by atoms with Gasteiger partial charge in [0.25, 0.3) is 5.91 Å². The Morgan fingerprint density at radius 2 is 1.88 bits per heavy atom. The van der Waals surface area contributed by atoms with Crippen LogP contribution in [0.2, 0.25) is 0 Å². The van der Waals surface area contributed by atoms with Crippen molar-refractivity contribution < 1.29 is 27.8 Å². The van der Waals surface area contributed by atoms with E-state index in [0.29, 0.717) is 0 Å². The van der Waals surface area contributed by atoms with E-state index in [-0.39, 0.29) is 37.0 Å². The number of aryl methyl sites for hydroxylation is 2. The van der Waals surface area contributed by atoms with Crippen LogP contribution in [-0.2, 0) is 19.8 Å². The van der Waals surface area contributed by atoms with Crippen molar-refractivity contribution in [1.82, 2.24) is 14.5 Å². The molecule has 1 N–H and O–H groups in total. The van der Waals surface area contributed by atoms with Gasteiger partial charge in [-0.25, -0.2) is 4.98 Å². The number of rotatable bonds is 8. The van der Waals surface area contributed by atoms with E-state index in [1.807, 2.05) is 31.2 Å². The first-order valence-electron chi connectivity index (χ1n) is 9.93. The number of carbonyl (C=O) groups is 1. The first-order chi connectivity index (χ1) is 15.1. The predicted molar refractivity (Wildman–Crippen MR) is 112 cm³/mol. The average Bonchev–Trinajstić information content (AvgIpc) is 3.18. The highest BCUT2D eigenvalue weighted by Gasteiger charge is 2.30. The van der Waals surface area contributed by atoms with Crippen LogP contribution in [0.25, 0.3) is 0 Å². The number of aliphatic hydroxyl groups excluding tert-OH is 1. The second kappa shape index (κ2) is 9.86. The molecule has 1 unspecified atom stereocenters. The van der Waals surface area contributed by atoms with Crippen LogP contribution in [-0.4, -0.2) is 44.7 Å². The van der Waals surface area contributed by atoms with Crippen molar-refractivity contribution in [2.75, 3.05) is 13.2 Å². The zero-order chi connectivity index (χ0) is 23.3. The lowest BCUT2D eigenvalue weighted by Crippen LogP contribution is -2.39. The summed E-state index contributed by atoms with van der Waals surface area (Å²) in [6.07, 6.45) is -2.38. The number of aliphatic hydroxyl groups is 1. The van der Waals surface area contributed by atoms with Gasteiger partial charge in [-0.2, -0.15) is 13.2 Å². The molecule has 1 amide bonds. The third-order valence-corrected chi connectivity index (χ3v) is 4.89. The lowest BCUT2D eigenvalue weighted by Gasteiger charge is -2.25. The van der Waals surface area contributed by atoms with Crippen molar-refractivity contribution in [1.29, 1.82) is 0 Å². The summed E-state index contributed by atoms with van der Waals surface area (Å²) < 4.78 is 45.1. The molecule has 3 aromatic rings. The normalized spacial score (nSPS) is 12.4. The molecule has 32 heavy (non-hydrogen) atoms. The Balaban J connectivity index is 1.68. The summed E-state index contributed by atoms with van der Waals surface area (Å²) in [6.45, 7) is 1.97. The molecule has 3 rings (SSSR count). The van der Waals surface area contributed by atoms with Gasteiger partial charge in [-0.05, 0) is 42.3 Å². The Kier molecular flexibility index (Phi) is 7.19. The molecule has 0 radical (unpaired) electrons. The van der Waals surface area contributed by atoms with Crippen LogP contribution in [0.5, 0.6) is 5.75 Å². The minimum Gasteiger partial charge on any atom is -0.491 e. The zero-order valence-corrected chi connectivity index (χ0v) is 17.7. The smallest absolute Gasteiger partial charge is 0.416 e. The van der Waals surface area contributed by atoms with Gasteiger partial charge in [0.1, 0.15) is 24.2 Å². The fourth-order valence-electron chi connectivity index (χ4n) is 3.14. The van der Waals surface area contributed by atoms with Gasteiger partial charge in [-0.1, -0.05) is 24.3 Å². The molecule has 0 bridgehead atoms. The van der Waals surface area contributed by atoms with Crippen LogP contribution in [0.15, 0.2) is 61.1 Å². The van der Waals surface area contributed by atoms with Crippen LogP contribution in [0, 0.1) is 6.92 Å². The van der Waals surface area contributed by atoms with Gasteiger partial charge in [-0.15, -0.1) is 0 Å². The number of amides is 1. The van der Waals surface area contributed by atoms with Crippen LogP contribution in [0.4, 0.5) is 13.2 Å². The Labute approximate surface area is 183 Å². The van der Waals surface area contributed by atoms with Gasteiger partial charge in [0.2, 0.25) is 0 Å². The van der Waals surface area contributed by atoms with Crippen molar-refractivity contribution in [3.63, 3.8) is 0 Å². The van der Waals surface area contributed by atoms with E-state index in [1.54, 1.807) is 17.8 Å². The topological polar surface area (TPSA) is 67.6 Å². The summed E-state index contributed by atoms with van der Waals surface area (Å²) in [5, 5.41) is 10.5. The van der Waals surface area contributed by atoms with Gasteiger partial charge in [0.15, 0.2) is 0 Å². The van der Waals surface area contributed by atoms with Crippen molar-refractivity contribution >= 4 is 5.91 Å². The highest BCUT2D eigenvalue weighted by atomic mass is 19.4. The SMILES string of the molecule is Cc1ccccc1CN(CC(O)COc1ccc(C(F)(F)F)cc1)C(=O)c1cn(C)cn1. The van der Waals surface area contributed by atoms with Gasteiger partial charge in [0.05, 0.1) is 18.4 Å². The zero-order valence-electron chi connectivity index (χ0n) is 17.7. The van der Waals surface area contributed by atoms with E-state index in [1.165, 1.54) is 23.4 Å². The minimum atomic E-state index is -4.43. The molecule has 0 saturated heterocycles. The molecule has 9 heteroatoms. The molecule has 0 aliphatic carbocycles. The summed E-state index contributed by atoms with van der Waals surface area (Å²) in [4.78, 5) is 18.6. The third-order valence-electron chi connectivity index (χ3n) is 4.89. The molecule has 1 heterocycles. The summed E-state index contributed by atoms with van der Waals surface area (Å²) in [6, 6.07) is 11.8. The van der Waals surface area contributed by atoms with E-state index >= 15 is 0 Å². The molecule has 0 spiro atoms. The number of halogens is 3. The Bertz CT molecular complexity index is 1050. The number of imidazole rings is 1. The summed E-state index contributed by atoms with van der Waals surface area (Å²) in [7, 11) is 1.75. The fourth-order valence-corrected chi connectivity index (χ4v) is 3.14. The van der Waals surface area contributed by atoms with E-state index in [9.17, 15) is 23.1 Å². The number of carbonyl (C=O) groups excluding carboxylic acids is 1. The lowest BCUT2D eigenvalue weighted by atomic mass is 10.1. The first kappa shape index (κ1) is 23.3. The van der Waals surface area contributed by atoms with E-state index in [4.69, 9.17) is 4.74 Å². The van der Waals surface area contributed by atoms with Gasteiger partial charge >= 0.3 is 6.18 Å². The number of ether oxygens (including phenoxy) is 1. The number of hydrogen-bond donors (Lipinski definition) is 1. The van der Waals surface area contributed by atoms with Crippen LogP contribution in [0.1, 0.15) is 27.2 Å². The van der Waals surface area contributed by atoms with Gasteiger partial charge < -0.3 is 19.3 Å². The molecule has 0 fully saturated rings. The number of nitrogens with zero attached hydrogens (tertiary/aromatic N) is 3. The number of hydrogen-bond acceptors (Lipinski definition) is 4. The summed E-state index contributed by atoms with van der Waals surface area (Å²) in [5.41, 5.74) is 1.39. The van der Waals surface area contributed by atoms with Gasteiger partial charge in [0, 0.05) is 19.8 Å². The highest BCUT2D eigenvalue weighted by molar-refractivity contribution is 5.92. The van der Waals surface area contributed by atoms with Crippen LogP contribution >= 0.6 is 0 Å². The lowest BCUT2D eigenvalue weighted by molar-refractivity contribution is -0.137. The quantitative estimate of drug-likeness (QED) is 0.570. The second-order valence-electron chi connectivity index (χ2n) is 7.52. The summed E-state index contributed by atoms with van der Waals surface area (Å²) in [5.74, 6) is -0.152. The van der Waals surface area contributed by atoms with Crippen molar-refractivity contribution in [3.8, 4) is 5.75 Å². The molecule has 1 aromatic heterocycles. The second-order valence-corrected chi connectivity index (χ2v) is 7.52. The maximum Gasteiger partial charge on any atom is 0.416 e. The highest BCUT2D eigenvalue weighted by Crippen LogP contribution is 2.30.